The molecule has 112 valence electrons. The van der Waals surface area contributed by atoms with E-state index < -0.39 is 0 Å². The summed E-state index contributed by atoms with van der Waals surface area (Å²) < 4.78 is 6.19. The van der Waals surface area contributed by atoms with Gasteiger partial charge in [-0.25, -0.2) is 0 Å². The van der Waals surface area contributed by atoms with Crippen molar-refractivity contribution >= 4 is 27.3 Å². The highest BCUT2D eigenvalue weighted by Crippen LogP contribution is 2.38. The van der Waals surface area contributed by atoms with Crippen molar-refractivity contribution in [3.8, 4) is 0 Å². The zero-order chi connectivity index (χ0) is 14.7. The molecule has 1 aromatic carbocycles. The van der Waals surface area contributed by atoms with Crippen molar-refractivity contribution in [3.05, 3.63) is 34.7 Å². The van der Waals surface area contributed by atoms with Crippen LogP contribution in [-0.4, -0.2) is 39.3 Å². The molecule has 1 atom stereocenters. The van der Waals surface area contributed by atoms with Crippen molar-refractivity contribution < 1.29 is 9.53 Å². The van der Waals surface area contributed by atoms with E-state index in [-0.39, 0.29) is 5.91 Å². The van der Waals surface area contributed by atoms with Gasteiger partial charge in [-0.1, -0.05) is 18.2 Å². The molecule has 1 aliphatic rings. The Morgan fingerprint density at radius 3 is 3.10 bits per heavy atom. The van der Waals surface area contributed by atoms with Crippen LogP contribution in [0.3, 0.4) is 0 Å². The van der Waals surface area contributed by atoms with Crippen LogP contribution in [0.4, 0.5) is 0 Å². The van der Waals surface area contributed by atoms with Gasteiger partial charge in [0, 0.05) is 24.9 Å². The summed E-state index contributed by atoms with van der Waals surface area (Å²) in [6.45, 7) is 3.07. The highest BCUT2D eigenvalue weighted by Gasteiger charge is 2.26. The van der Waals surface area contributed by atoms with E-state index in [9.17, 15) is 4.79 Å². The quantitative estimate of drug-likeness (QED) is 0.834. The van der Waals surface area contributed by atoms with Crippen LogP contribution in [0.1, 0.15) is 27.6 Å². The van der Waals surface area contributed by atoms with Gasteiger partial charge in [-0.2, -0.15) is 0 Å². The predicted octanol–water partition coefficient (Wildman–Crippen LogP) is 2.35. The molecule has 2 N–H and O–H groups in total. The van der Waals surface area contributed by atoms with Crippen LogP contribution in [0.5, 0.6) is 0 Å². The Balaban J connectivity index is 1.96. The number of nitrogens with one attached hydrogen (secondary N) is 2. The standard InChI is InChI=1S/C16H20N2O2S/c1-20-9-8-18-16(19)15-14(11-6-7-17-10-11)12-4-2-3-5-13(12)21-15/h2-5,11,17H,6-10H2,1H3,(H,18,19). The molecule has 1 aliphatic heterocycles. The lowest BCUT2D eigenvalue weighted by Gasteiger charge is -2.11. The molecule has 1 amide bonds. The second kappa shape index (κ2) is 6.56. The fourth-order valence-corrected chi connectivity index (χ4v) is 4.09. The van der Waals surface area contributed by atoms with E-state index in [2.05, 4.69) is 22.8 Å². The number of carbonyl (C=O) groups is 1. The van der Waals surface area contributed by atoms with Gasteiger partial charge in [0.1, 0.15) is 0 Å². The Labute approximate surface area is 128 Å². The van der Waals surface area contributed by atoms with Gasteiger partial charge in [0.15, 0.2) is 0 Å². The molecule has 3 rings (SSSR count). The van der Waals surface area contributed by atoms with Crippen LogP contribution in [0.25, 0.3) is 10.1 Å². The zero-order valence-corrected chi connectivity index (χ0v) is 13.0. The molecule has 0 spiro atoms. The van der Waals surface area contributed by atoms with E-state index in [0.717, 1.165) is 24.4 Å². The first-order valence-electron chi connectivity index (χ1n) is 7.30. The fourth-order valence-electron chi connectivity index (χ4n) is 2.89. The van der Waals surface area contributed by atoms with Crippen LogP contribution in [-0.2, 0) is 4.74 Å². The Morgan fingerprint density at radius 1 is 1.48 bits per heavy atom. The number of ether oxygens (including phenoxy) is 1. The van der Waals surface area contributed by atoms with E-state index >= 15 is 0 Å². The van der Waals surface area contributed by atoms with Crippen molar-refractivity contribution in [2.45, 2.75) is 12.3 Å². The third-order valence-corrected chi connectivity index (χ3v) is 5.09. The van der Waals surface area contributed by atoms with E-state index in [0.29, 0.717) is 19.1 Å². The molecule has 1 unspecified atom stereocenters. The Kier molecular flexibility index (Phi) is 4.53. The van der Waals surface area contributed by atoms with Crippen LogP contribution < -0.4 is 10.6 Å². The third-order valence-electron chi connectivity index (χ3n) is 3.90. The van der Waals surface area contributed by atoms with Crippen molar-refractivity contribution in [2.75, 3.05) is 33.4 Å². The van der Waals surface area contributed by atoms with E-state index in [1.165, 1.54) is 15.6 Å². The van der Waals surface area contributed by atoms with Crippen molar-refractivity contribution in [1.29, 1.82) is 0 Å². The molecule has 2 aromatic rings. The zero-order valence-electron chi connectivity index (χ0n) is 12.1. The smallest absolute Gasteiger partial charge is 0.261 e. The van der Waals surface area contributed by atoms with Crippen molar-refractivity contribution in [1.82, 2.24) is 10.6 Å². The summed E-state index contributed by atoms with van der Waals surface area (Å²) in [5.74, 6) is 0.458. The highest BCUT2D eigenvalue weighted by molar-refractivity contribution is 7.21. The number of carbonyl (C=O) groups excluding carboxylic acids is 1. The van der Waals surface area contributed by atoms with Gasteiger partial charge in [-0.05, 0) is 35.9 Å². The minimum atomic E-state index is 0.0233. The molecular weight excluding hydrogens is 284 g/mol. The van der Waals surface area contributed by atoms with E-state index in [1.807, 2.05) is 12.1 Å². The molecule has 1 saturated heterocycles. The predicted molar refractivity (Wildman–Crippen MR) is 86.3 cm³/mol. The molecule has 2 heterocycles. The Bertz CT molecular complexity index is 632. The average Bonchev–Trinajstić information content (AvgIpc) is 3.14. The molecule has 4 nitrogen and oxygen atoms in total. The lowest BCUT2D eigenvalue weighted by atomic mass is 9.95. The Morgan fingerprint density at radius 2 is 2.33 bits per heavy atom. The number of benzene rings is 1. The van der Waals surface area contributed by atoms with E-state index in [1.54, 1.807) is 18.4 Å². The van der Waals surface area contributed by atoms with Crippen LogP contribution >= 0.6 is 11.3 Å². The molecule has 0 bridgehead atoms. The van der Waals surface area contributed by atoms with Gasteiger partial charge in [0.05, 0.1) is 11.5 Å². The molecule has 0 saturated carbocycles. The number of rotatable bonds is 5. The van der Waals surface area contributed by atoms with Crippen LogP contribution in [0.15, 0.2) is 24.3 Å². The highest BCUT2D eigenvalue weighted by atomic mass is 32.1. The number of thiophene rings is 1. The average molecular weight is 304 g/mol. The molecular formula is C16H20N2O2S. The number of fused-ring (bicyclic) bond motifs is 1. The third kappa shape index (κ3) is 2.95. The number of hydrogen-bond donors (Lipinski definition) is 2. The van der Waals surface area contributed by atoms with Crippen LogP contribution in [0, 0.1) is 0 Å². The molecule has 1 aromatic heterocycles. The lowest BCUT2D eigenvalue weighted by Crippen LogP contribution is -2.27. The van der Waals surface area contributed by atoms with Crippen molar-refractivity contribution in [3.63, 3.8) is 0 Å². The molecule has 21 heavy (non-hydrogen) atoms. The van der Waals surface area contributed by atoms with E-state index in [4.69, 9.17) is 4.74 Å². The molecule has 0 radical (unpaired) electrons. The van der Waals surface area contributed by atoms with Gasteiger partial charge in [-0.3, -0.25) is 4.79 Å². The maximum Gasteiger partial charge on any atom is 0.261 e. The summed E-state index contributed by atoms with van der Waals surface area (Å²) in [5, 5.41) is 7.58. The minimum absolute atomic E-state index is 0.0233. The number of hydrogen-bond acceptors (Lipinski definition) is 4. The van der Waals surface area contributed by atoms with Crippen LogP contribution in [0.2, 0.25) is 0 Å². The van der Waals surface area contributed by atoms with Gasteiger partial charge in [-0.15, -0.1) is 11.3 Å². The first-order valence-corrected chi connectivity index (χ1v) is 8.12. The van der Waals surface area contributed by atoms with Gasteiger partial charge in [0.2, 0.25) is 0 Å². The summed E-state index contributed by atoms with van der Waals surface area (Å²) in [6, 6.07) is 8.30. The second-order valence-corrected chi connectivity index (χ2v) is 6.33. The number of methoxy groups -OCH3 is 1. The monoisotopic (exact) mass is 304 g/mol. The Hall–Kier alpha value is -1.43. The van der Waals surface area contributed by atoms with Gasteiger partial charge in [0.25, 0.3) is 5.91 Å². The molecule has 1 fully saturated rings. The second-order valence-electron chi connectivity index (χ2n) is 5.28. The normalized spacial score (nSPS) is 18.2. The van der Waals surface area contributed by atoms with Gasteiger partial charge >= 0.3 is 0 Å². The summed E-state index contributed by atoms with van der Waals surface area (Å²) in [6.07, 6.45) is 1.10. The topological polar surface area (TPSA) is 50.4 Å². The maximum atomic E-state index is 12.5. The summed E-state index contributed by atoms with van der Waals surface area (Å²) in [5.41, 5.74) is 1.22. The lowest BCUT2D eigenvalue weighted by molar-refractivity contribution is 0.0940. The maximum absolute atomic E-state index is 12.5. The fraction of sp³-hybridized carbons (Fsp3) is 0.438. The summed E-state index contributed by atoms with van der Waals surface area (Å²) in [7, 11) is 1.64. The SMILES string of the molecule is COCCNC(=O)c1sc2ccccc2c1C1CCNC1. The first kappa shape index (κ1) is 14.5. The largest absolute Gasteiger partial charge is 0.383 e. The molecule has 0 aliphatic carbocycles. The first-order chi connectivity index (χ1) is 10.3. The number of amides is 1. The summed E-state index contributed by atoms with van der Waals surface area (Å²) >= 11 is 1.60. The summed E-state index contributed by atoms with van der Waals surface area (Å²) in [4.78, 5) is 13.4. The van der Waals surface area contributed by atoms with Crippen molar-refractivity contribution in [2.24, 2.45) is 0 Å². The molecule has 5 heteroatoms. The van der Waals surface area contributed by atoms with Gasteiger partial charge < -0.3 is 15.4 Å². The minimum Gasteiger partial charge on any atom is -0.383 e.